The van der Waals surface area contributed by atoms with E-state index in [9.17, 15) is 14.7 Å². The number of hydrogen-bond donors (Lipinski definition) is 2. The molecule has 0 bridgehead atoms. The smallest absolute Gasteiger partial charge is 0.254 e. The van der Waals surface area contributed by atoms with Crippen molar-refractivity contribution in [2.75, 3.05) is 26.9 Å². The predicted molar refractivity (Wildman–Crippen MR) is 133 cm³/mol. The van der Waals surface area contributed by atoms with Crippen molar-refractivity contribution in [1.29, 1.82) is 0 Å². The monoisotopic (exact) mass is 495 g/mol. The summed E-state index contributed by atoms with van der Waals surface area (Å²) >= 11 is 1.59. The number of rotatable bonds is 9. The number of aliphatic hydroxyl groups excluding tert-OH is 1. The maximum absolute atomic E-state index is 13.2. The second kappa shape index (κ2) is 11.4. The number of methoxy groups -OCH3 is 1. The number of ether oxygens (including phenoxy) is 2. The summed E-state index contributed by atoms with van der Waals surface area (Å²) < 4.78 is 10.6. The maximum Gasteiger partial charge on any atom is 0.254 e. The van der Waals surface area contributed by atoms with Gasteiger partial charge in [-0.05, 0) is 36.2 Å². The molecule has 0 spiro atoms. The Balaban J connectivity index is 1.38. The first-order valence-electron chi connectivity index (χ1n) is 11.4. The molecule has 2 atom stereocenters. The summed E-state index contributed by atoms with van der Waals surface area (Å²) in [4.78, 5) is 33.0. The van der Waals surface area contributed by atoms with Crippen LogP contribution in [0.25, 0.3) is 10.4 Å². The Kier molecular flexibility index (Phi) is 8.12. The van der Waals surface area contributed by atoms with Crippen LogP contribution in [0.2, 0.25) is 0 Å². The molecule has 2 aromatic carbocycles. The molecule has 8 nitrogen and oxygen atoms in total. The van der Waals surface area contributed by atoms with Gasteiger partial charge in [0.25, 0.3) is 5.91 Å². The number of nitrogens with zero attached hydrogens (tertiary/aromatic N) is 2. The second-order valence-corrected chi connectivity index (χ2v) is 9.27. The van der Waals surface area contributed by atoms with Crippen LogP contribution >= 0.6 is 11.3 Å². The first-order chi connectivity index (χ1) is 17.0. The molecule has 0 saturated carbocycles. The minimum atomic E-state index is -0.752. The van der Waals surface area contributed by atoms with Crippen LogP contribution in [0, 0.1) is 6.92 Å². The Hall–Kier alpha value is -3.27. The van der Waals surface area contributed by atoms with Crippen LogP contribution in [-0.4, -0.2) is 65.8 Å². The van der Waals surface area contributed by atoms with Crippen LogP contribution in [0.4, 0.5) is 0 Å². The van der Waals surface area contributed by atoms with E-state index in [2.05, 4.69) is 10.3 Å². The van der Waals surface area contributed by atoms with E-state index >= 15 is 0 Å². The van der Waals surface area contributed by atoms with Gasteiger partial charge >= 0.3 is 0 Å². The summed E-state index contributed by atoms with van der Waals surface area (Å²) in [5, 5.41) is 13.1. The van der Waals surface area contributed by atoms with Gasteiger partial charge in [-0.2, -0.15) is 0 Å². The highest BCUT2D eigenvalue weighted by Crippen LogP contribution is 2.27. The summed E-state index contributed by atoms with van der Waals surface area (Å²) in [5.41, 5.74) is 5.26. The normalized spacial score (nSPS) is 17.4. The molecule has 1 aromatic heterocycles. The van der Waals surface area contributed by atoms with E-state index in [0.717, 1.165) is 21.7 Å². The van der Waals surface area contributed by atoms with Crippen molar-refractivity contribution in [3.05, 3.63) is 70.9 Å². The van der Waals surface area contributed by atoms with Gasteiger partial charge in [0, 0.05) is 32.2 Å². The Bertz CT molecular complexity index is 1160. The van der Waals surface area contributed by atoms with E-state index in [1.54, 1.807) is 42.7 Å². The molecule has 4 rings (SSSR count). The number of carbonyl (C=O) groups is 2. The van der Waals surface area contributed by atoms with E-state index in [1.807, 2.05) is 36.7 Å². The number of nitrogens with one attached hydrogen (secondary N) is 1. The highest BCUT2D eigenvalue weighted by molar-refractivity contribution is 7.13. The molecule has 0 unspecified atom stereocenters. The molecule has 3 aromatic rings. The highest BCUT2D eigenvalue weighted by atomic mass is 32.1. The lowest BCUT2D eigenvalue weighted by atomic mass is 10.1. The van der Waals surface area contributed by atoms with Crippen molar-refractivity contribution in [1.82, 2.24) is 15.2 Å². The predicted octanol–water partition coefficient (Wildman–Crippen LogP) is 3.04. The Morgan fingerprint density at radius 3 is 2.71 bits per heavy atom. The fraction of sp³-hybridized carbons (Fsp3) is 0.346. The number of likely N-dealkylation sites (tertiary alicyclic amines) is 1. The average Bonchev–Trinajstić information content (AvgIpc) is 3.48. The van der Waals surface area contributed by atoms with Gasteiger partial charge < -0.3 is 24.8 Å². The Morgan fingerprint density at radius 1 is 1.20 bits per heavy atom. The molecule has 2 N–H and O–H groups in total. The Labute approximate surface area is 208 Å². The number of aliphatic hydroxyl groups is 1. The van der Waals surface area contributed by atoms with Crippen LogP contribution in [0.5, 0.6) is 5.75 Å². The zero-order valence-electron chi connectivity index (χ0n) is 19.8. The van der Waals surface area contributed by atoms with Crippen LogP contribution in [0.1, 0.15) is 28.0 Å². The molecule has 0 radical (unpaired) electrons. The largest absolute Gasteiger partial charge is 0.491 e. The third-order valence-electron chi connectivity index (χ3n) is 5.91. The zero-order chi connectivity index (χ0) is 24.8. The fourth-order valence-corrected chi connectivity index (χ4v) is 4.89. The molecule has 1 saturated heterocycles. The maximum atomic E-state index is 13.2. The zero-order valence-corrected chi connectivity index (χ0v) is 20.6. The third-order valence-corrected chi connectivity index (χ3v) is 6.89. The molecule has 1 aliphatic rings. The van der Waals surface area contributed by atoms with Gasteiger partial charge in [-0.1, -0.05) is 30.3 Å². The minimum Gasteiger partial charge on any atom is -0.491 e. The number of aromatic nitrogens is 1. The van der Waals surface area contributed by atoms with Crippen LogP contribution in [0.3, 0.4) is 0 Å². The van der Waals surface area contributed by atoms with E-state index in [0.29, 0.717) is 31.1 Å². The van der Waals surface area contributed by atoms with Gasteiger partial charge in [0.2, 0.25) is 5.91 Å². The van der Waals surface area contributed by atoms with E-state index in [-0.39, 0.29) is 24.8 Å². The first-order valence-corrected chi connectivity index (χ1v) is 12.3. The van der Waals surface area contributed by atoms with Gasteiger partial charge in [0.15, 0.2) is 0 Å². The fourth-order valence-electron chi connectivity index (χ4n) is 4.07. The van der Waals surface area contributed by atoms with Crippen LogP contribution in [-0.2, 0) is 16.1 Å². The summed E-state index contributed by atoms with van der Waals surface area (Å²) in [7, 11) is 1.59. The van der Waals surface area contributed by atoms with E-state index in [4.69, 9.17) is 9.47 Å². The van der Waals surface area contributed by atoms with Gasteiger partial charge in [-0.3, -0.25) is 9.59 Å². The third kappa shape index (κ3) is 6.05. The van der Waals surface area contributed by atoms with Crippen LogP contribution < -0.4 is 10.1 Å². The quantitative estimate of drug-likeness (QED) is 0.443. The van der Waals surface area contributed by atoms with Gasteiger partial charge in [0.1, 0.15) is 18.4 Å². The SMILES string of the molecule is COCCOc1cccc(C(=O)N2C[C@H](O)C[C@H]2C(=O)NCc2ccc(-c3scnc3C)cc2)c1. The van der Waals surface area contributed by atoms with Gasteiger partial charge in [-0.15, -0.1) is 11.3 Å². The van der Waals surface area contributed by atoms with E-state index < -0.39 is 12.1 Å². The topological polar surface area (TPSA) is 101 Å². The standard InChI is InChI=1S/C26H29N3O5S/c1-17-24(35-16-28-17)19-8-6-18(7-9-19)14-27-25(31)23-13-21(30)15-29(23)26(32)20-4-3-5-22(12-20)34-11-10-33-2/h3-9,12,16,21,23,30H,10-11,13-15H2,1-2H3,(H,27,31)/t21-,23+/m1/s1. The Morgan fingerprint density at radius 2 is 2.00 bits per heavy atom. The van der Waals surface area contributed by atoms with Crippen molar-refractivity contribution in [2.24, 2.45) is 0 Å². The molecule has 0 aliphatic carbocycles. The van der Waals surface area contributed by atoms with Crippen molar-refractivity contribution in [3.8, 4) is 16.2 Å². The summed E-state index contributed by atoms with van der Waals surface area (Å²) in [6.45, 7) is 3.22. The number of amides is 2. The molecule has 2 heterocycles. The lowest BCUT2D eigenvalue weighted by Crippen LogP contribution is -2.45. The number of thiazole rings is 1. The summed E-state index contributed by atoms with van der Waals surface area (Å²) in [6, 6.07) is 14.0. The molecular weight excluding hydrogens is 466 g/mol. The van der Waals surface area contributed by atoms with Crippen molar-refractivity contribution >= 4 is 23.2 Å². The molecule has 184 valence electrons. The highest BCUT2D eigenvalue weighted by Gasteiger charge is 2.39. The average molecular weight is 496 g/mol. The van der Waals surface area contributed by atoms with Crippen LogP contribution in [0.15, 0.2) is 54.0 Å². The lowest BCUT2D eigenvalue weighted by molar-refractivity contribution is -0.125. The second-order valence-electron chi connectivity index (χ2n) is 8.41. The number of β-amino-alcohol motifs (C(OH)–C–C–N with tert-alkyl or cyclic N) is 1. The molecule has 2 amide bonds. The minimum absolute atomic E-state index is 0.106. The molecule has 35 heavy (non-hydrogen) atoms. The summed E-state index contributed by atoms with van der Waals surface area (Å²) in [6.07, 6.45) is -0.552. The van der Waals surface area contributed by atoms with Gasteiger partial charge in [-0.25, -0.2) is 4.98 Å². The van der Waals surface area contributed by atoms with Crippen molar-refractivity contribution in [3.63, 3.8) is 0 Å². The van der Waals surface area contributed by atoms with E-state index in [1.165, 1.54) is 4.90 Å². The summed E-state index contributed by atoms with van der Waals surface area (Å²) in [5.74, 6) is -0.0569. The number of carbonyl (C=O) groups excluding carboxylic acids is 2. The number of hydrogen-bond acceptors (Lipinski definition) is 7. The van der Waals surface area contributed by atoms with Gasteiger partial charge in [0.05, 0.1) is 28.8 Å². The number of benzene rings is 2. The van der Waals surface area contributed by atoms with Crippen molar-refractivity contribution < 1.29 is 24.2 Å². The molecule has 9 heteroatoms. The molecular formula is C26H29N3O5S. The number of aryl methyl sites for hydroxylation is 1. The first kappa shape index (κ1) is 24.8. The molecule has 1 fully saturated rings. The molecule has 1 aliphatic heterocycles. The lowest BCUT2D eigenvalue weighted by Gasteiger charge is -2.24. The van der Waals surface area contributed by atoms with Crippen molar-refractivity contribution in [2.45, 2.75) is 32.0 Å².